The van der Waals surface area contributed by atoms with E-state index in [4.69, 9.17) is 4.74 Å². The van der Waals surface area contributed by atoms with Crippen LogP contribution in [0.2, 0.25) is 0 Å². The van der Waals surface area contributed by atoms with E-state index < -0.39 is 16.0 Å². The van der Waals surface area contributed by atoms with E-state index in [1.807, 2.05) is 6.92 Å². The van der Waals surface area contributed by atoms with Crippen molar-refractivity contribution in [2.24, 2.45) is 0 Å². The predicted molar refractivity (Wildman–Crippen MR) is 83.0 cm³/mol. The molecule has 116 valence electrons. The Morgan fingerprint density at radius 2 is 1.73 bits per heavy atom. The van der Waals surface area contributed by atoms with E-state index >= 15 is 0 Å². The minimum Gasteiger partial charge on any atom is -0.465 e. The molecule has 0 atom stereocenters. The first-order valence-electron chi connectivity index (χ1n) is 6.66. The molecule has 1 N–H and O–H groups in total. The van der Waals surface area contributed by atoms with Gasteiger partial charge in [0.2, 0.25) is 10.0 Å². The van der Waals surface area contributed by atoms with Gasteiger partial charge in [0.05, 0.1) is 17.6 Å². The molecule has 0 aliphatic carbocycles. The van der Waals surface area contributed by atoms with Crippen molar-refractivity contribution < 1.29 is 17.9 Å². The molecule has 0 aliphatic heterocycles. The van der Waals surface area contributed by atoms with Crippen LogP contribution >= 0.6 is 0 Å². The van der Waals surface area contributed by atoms with Gasteiger partial charge in [0, 0.05) is 6.54 Å². The minimum absolute atomic E-state index is 0.0154. The summed E-state index contributed by atoms with van der Waals surface area (Å²) in [7, 11) is -2.34. The van der Waals surface area contributed by atoms with Crippen LogP contribution < -0.4 is 4.72 Å². The summed E-state index contributed by atoms with van der Waals surface area (Å²) in [5.74, 6) is -0.495. The van der Waals surface area contributed by atoms with Crippen molar-refractivity contribution in [1.82, 2.24) is 4.72 Å². The largest absolute Gasteiger partial charge is 0.465 e. The second-order valence-electron chi connectivity index (χ2n) is 4.79. The van der Waals surface area contributed by atoms with Crippen LogP contribution in [0.3, 0.4) is 0 Å². The van der Waals surface area contributed by atoms with E-state index in [0.29, 0.717) is 11.1 Å². The molecule has 2 aromatic rings. The number of nitrogens with one attached hydrogen (secondary N) is 1. The molecule has 6 heteroatoms. The van der Waals surface area contributed by atoms with Gasteiger partial charge in [0.25, 0.3) is 0 Å². The number of carbonyl (C=O) groups is 1. The molecule has 0 unspecified atom stereocenters. The fraction of sp³-hybridized carbons (Fsp3) is 0.188. The quantitative estimate of drug-likeness (QED) is 0.858. The second-order valence-corrected chi connectivity index (χ2v) is 6.55. The van der Waals surface area contributed by atoms with E-state index in [0.717, 1.165) is 5.56 Å². The summed E-state index contributed by atoms with van der Waals surface area (Å²) in [5.41, 5.74) is 1.89. The molecule has 0 saturated heterocycles. The van der Waals surface area contributed by atoms with Gasteiger partial charge in [0.1, 0.15) is 0 Å². The van der Waals surface area contributed by atoms with Crippen LogP contribution in [0.4, 0.5) is 0 Å². The normalized spacial score (nSPS) is 11.2. The highest BCUT2D eigenvalue weighted by molar-refractivity contribution is 7.89. The Hall–Kier alpha value is -2.18. The topological polar surface area (TPSA) is 72.5 Å². The van der Waals surface area contributed by atoms with Gasteiger partial charge in [-0.15, -0.1) is 0 Å². The third kappa shape index (κ3) is 3.72. The monoisotopic (exact) mass is 319 g/mol. The number of hydrogen-bond donors (Lipinski definition) is 1. The molecule has 0 aliphatic rings. The molecule has 0 aromatic heterocycles. The van der Waals surface area contributed by atoms with Crippen LogP contribution in [0.15, 0.2) is 53.4 Å². The lowest BCUT2D eigenvalue weighted by atomic mass is 10.1. The summed E-state index contributed by atoms with van der Waals surface area (Å²) in [6.07, 6.45) is 0. The summed E-state index contributed by atoms with van der Waals surface area (Å²) < 4.78 is 31.7. The predicted octanol–water partition coefficient (Wildman–Crippen LogP) is 2.26. The Balaban J connectivity index is 2.19. The number of benzene rings is 2. The van der Waals surface area contributed by atoms with Crippen molar-refractivity contribution >= 4 is 16.0 Å². The van der Waals surface area contributed by atoms with Gasteiger partial charge >= 0.3 is 5.97 Å². The highest BCUT2D eigenvalue weighted by Gasteiger charge is 2.16. The van der Waals surface area contributed by atoms with E-state index in [1.54, 1.807) is 48.5 Å². The Bertz CT molecular complexity index is 767. The van der Waals surface area contributed by atoms with Crippen molar-refractivity contribution in [2.75, 3.05) is 7.11 Å². The Morgan fingerprint density at radius 1 is 1.09 bits per heavy atom. The molecule has 0 fully saturated rings. The summed E-state index contributed by atoms with van der Waals surface area (Å²) in [6.45, 7) is 1.90. The molecular formula is C16H17NO4S. The van der Waals surface area contributed by atoms with Gasteiger partial charge in [-0.05, 0) is 30.7 Å². The zero-order valence-electron chi connectivity index (χ0n) is 12.4. The molecule has 0 bridgehead atoms. The number of sulfonamides is 1. The molecule has 0 heterocycles. The van der Waals surface area contributed by atoms with Crippen LogP contribution in [0.25, 0.3) is 0 Å². The number of hydrogen-bond acceptors (Lipinski definition) is 4. The zero-order chi connectivity index (χ0) is 16.2. The maximum Gasteiger partial charge on any atom is 0.338 e. The lowest BCUT2D eigenvalue weighted by Gasteiger charge is -2.10. The molecule has 2 aromatic carbocycles. The van der Waals surface area contributed by atoms with E-state index in [9.17, 15) is 13.2 Å². The van der Waals surface area contributed by atoms with Crippen LogP contribution in [0.5, 0.6) is 0 Å². The van der Waals surface area contributed by atoms with E-state index in [2.05, 4.69) is 4.72 Å². The molecular weight excluding hydrogens is 302 g/mol. The third-order valence-corrected chi connectivity index (χ3v) is 4.62. The van der Waals surface area contributed by atoms with Gasteiger partial charge in [-0.2, -0.15) is 0 Å². The van der Waals surface area contributed by atoms with Crippen LogP contribution in [-0.4, -0.2) is 21.5 Å². The molecule has 0 amide bonds. The molecule has 22 heavy (non-hydrogen) atoms. The first-order chi connectivity index (χ1) is 10.4. The van der Waals surface area contributed by atoms with Gasteiger partial charge in [-0.25, -0.2) is 17.9 Å². The second kappa shape index (κ2) is 6.72. The average molecular weight is 319 g/mol. The molecule has 0 spiro atoms. The summed E-state index contributed by atoms with van der Waals surface area (Å²) in [6, 6.07) is 13.3. The zero-order valence-corrected chi connectivity index (χ0v) is 13.2. The minimum atomic E-state index is -3.63. The first kappa shape index (κ1) is 16.2. The molecule has 5 nitrogen and oxygen atoms in total. The van der Waals surface area contributed by atoms with Crippen molar-refractivity contribution in [1.29, 1.82) is 0 Å². The maximum atomic E-state index is 12.2. The van der Waals surface area contributed by atoms with Crippen LogP contribution in [0, 0.1) is 6.92 Å². The van der Waals surface area contributed by atoms with Crippen LogP contribution in [-0.2, 0) is 21.3 Å². The van der Waals surface area contributed by atoms with E-state index in [-0.39, 0.29) is 11.4 Å². The number of aryl methyl sites for hydroxylation is 1. The van der Waals surface area contributed by atoms with Crippen molar-refractivity contribution in [3.05, 3.63) is 65.2 Å². The lowest BCUT2D eigenvalue weighted by Crippen LogP contribution is -2.24. The number of methoxy groups -OCH3 is 1. The molecule has 2 rings (SSSR count). The van der Waals surface area contributed by atoms with E-state index in [1.165, 1.54) is 7.11 Å². The number of carbonyl (C=O) groups excluding carboxylic acids is 1. The highest BCUT2D eigenvalue weighted by Crippen LogP contribution is 2.13. The fourth-order valence-electron chi connectivity index (χ4n) is 1.96. The van der Waals surface area contributed by atoms with Gasteiger partial charge in [-0.3, -0.25) is 0 Å². The summed E-state index contributed by atoms with van der Waals surface area (Å²) in [5, 5.41) is 0. The first-order valence-corrected chi connectivity index (χ1v) is 8.15. The number of ether oxygens (including phenoxy) is 1. The van der Waals surface area contributed by atoms with Gasteiger partial charge < -0.3 is 4.74 Å². The highest BCUT2D eigenvalue weighted by atomic mass is 32.2. The van der Waals surface area contributed by atoms with Crippen LogP contribution in [0.1, 0.15) is 21.5 Å². The fourth-order valence-corrected chi connectivity index (χ4v) is 2.96. The lowest BCUT2D eigenvalue weighted by molar-refractivity contribution is 0.0599. The maximum absolute atomic E-state index is 12.2. The average Bonchev–Trinajstić information content (AvgIpc) is 2.53. The van der Waals surface area contributed by atoms with Crippen molar-refractivity contribution in [2.45, 2.75) is 18.4 Å². The Morgan fingerprint density at radius 3 is 2.36 bits per heavy atom. The van der Waals surface area contributed by atoms with Gasteiger partial charge in [0.15, 0.2) is 0 Å². The standard InChI is InChI=1S/C16H17NO4S/c1-12-7-9-14(10-8-12)22(19,20)17-11-13-5-3-4-6-15(13)16(18)21-2/h3-10,17H,11H2,1-2H3. The SMILES string of the molecule is COC(=O)c1ccccc1CNS(=O)(=O)c1ccc(C)cc1. The number of rotatable bonds is 5. The summed E-state index contributed by atoms with van der Waals surface area (Å²) >= 11 is 0. The van der Waals surface area contributed by atoms with Crippen molar-refractivity contribution in [3.63, 3.8) is 0 Å². The smallest absolute Gasteiger partial charge is 0.338 e. The third-order valence-electron chi connectivity index (χ3n) is 3.21. The van der Waals surface area contributed by atoms with Gasteiger partial charge in [-0.1, -0.05) is 35.9 Å². The van der Waals surface area contributed by atoms with Crippen molar-refractivity contribution in [3.8, 4) is 0 Å². The molecule has 0 saturated carbocycles. The molecule has 0 radical (unpaired) electrons. The Kier molecular flexibility index (Phi) is 4.95. The number of esters is 1. The Labute approximate surface area is 130 Å². The summed E-state index contributed by atoms with van der Waals surface area (Å²) in [4.78, 5) is 11.9.